The van der Waals surface area contributed by atoms with E-state index in [1.165, 1.54) is 11.8 Å². The van der Waals surface area contributed by atoms with E-state index in [0.29, 0.717) is 18.0 Å². The van der Waals surface area contributed by atoms with Gasteiger partial charge in [-0.25, -0.2) is 0 Å². The smallest absolute Gasteiger partial charge is 0.251 e. The van der Waals surface area contributed by atoms with Crippen LogP contribution in [-0.4, -0.2) is 30.4 Å². The Morgan fingerprint density at radius 1 is 1.07 bits per heavy atom. The summed E-state index contributed by atoms with van der Waals surface area (Å²) in [5, 5.41) is 3.85. The van der Waals surface area contributed by atoms with Gasteiger partial charge in [0.15, 0.2) is 11.5 Å². The van der Waals surface area contributed by atoms with Crippen molar-refractivity contribution in [2.75, 3.05) is 20.0 Å². The summed E-state index contributed by atoms with van der Waals surface area (Å²) in [6.45, 7) is 0.386. The third-order valence-corrected chi connectivity index (χ3v) is 5.47. The fourth-order valence-corrected chi connectivity index (χ4v) is 3.79. The molecule has 3 rings (SSSR count). The molecule has 1 aromatic heterocycles. The van der Waals surface area contributed by atoms with Crippen LogP contribution in [0.3, 0.4) is 0 Å². The van der Waals surface area contributed by atoms with E-state index in [1.807, 2.05) is 36.4 Å². The summed E-state index contributed by atoms with van der Waals surface area (Å²) < 4.78 is 12.1. The van der Waals surface area contributed by atoms with Gasteiger partial charge in [0, 0.05) is 29.9 Å². The number of ether oxygens (including phenoxy) is 2. The second-order valence-electron chi connectivity index (χ2n) is 6.18. The summed E-state index contributed by atoms with van der Waals surface area (Å²) in [6, 6.07) is 14.8. The van der Waals surface area contributed by atoms with Crippen LogP contribution in [0.1, 0.15) is 5.56 Å². The molecule has 28 heavy (non-hydrogen) atoms. The van der Waals surface area contributed by atoms with Crippen molar-refractivity contribution in [3.63, 3.8) is 0 Å². The molecule has 0 fully saturated rings. The maximum Gasteiger partial charge on any atom is 0.251 e. The molecule has 0 unspecified atom stereocenters. The summed E-state index contributed by atoms with van der Waals surface area (Å²) in [6.07, 6.45) is 0. The number of aromatic nitrogens is 1. The van der Waals surface area contributed by atoms with Gasteiger partial charge in [-0.2, -0.15) is 0 Å². The lowest BCUT2D eigenvalue weighted by Gasteiger charge is -2.11. The van der Waals surface area contributed by atoms with Gasteiger partial charge in [-0.15, -0.1) is 11.8 Å². The highest BCUT2D eigenvalue weighted by Gasteiger charge is 2.10. The van der Waals surface area contributed by atoms with E-state index >= 15 is 0 Å². The van der Waals surface area contributed by atoms with Crippen molar-refractivity contribution in [1.29, 1.82) is 0 Å². The standard InChI is InChI=1S/C21H22N2O4S/c1-23-16-7-5-4-6-15(16)19(11-21(23)25)28-13-20(24)22-12-14-8-9-17(26-2)18(10-14)27-3/h4-11H,12-13H2,1-3H3,(H,22,24). The van der Waals surface area contributed by atoms with E-state index in [9.17, 15) is 9.59 Å². The molecule has 1 amide bonds. The maximum atomic E-state index is 12.3. The molecule has 7 heteroatoms. The summed E-state index contributed by atoms with van der Waals surface area (Å²) in [5.41, 5.74) is 1.67. The van der Waals surface area contributed by atoms with Crippen molar-refractivity contribution >= 4 is 28.6 Å². The van der Waals surface area contributed by atoms with Crippen LogP contribution in [0.4, 0.5) is 0 Å². The number of rotatable bonds is 7. The third kappa shape index (κ3) is 4.31. The zero-order chi connectivity index (χ0) is 20.1. The Bertz CT molecular complexity index is 1060. The number of fused-ring (bicyclic) bond motifs is 1. The lowest BCUT2D eigenvalue weighted by molar-refractivity contribution is -0.118. The molecule has 0 saturated heterocycles. The van der Waals surface area contributed by atoms with Crippen LogP contribution >= 0.6 is 11.8 Å². The van der Waals surface area contributed by atoms with Crippen LogP contribution in [0, 0.1) is 0 Å². The first-order valence-electron chi connectivity index (χ1n) is 8.72. The molecular formula is C21H22N2O4S. The fourth-order valence-electron chi connectivity index (χ4n) is 2.88. The first-order chi connectivity index (χ1) is 13.5. The SMILES string of the molecule is COc1ccc(CNC(=O)CSc2cc(=O)n(C)c3ccccc23)cc1OC. The number of thioether (sulfide) groups is 1. The summed E-state index contributed by atoms with van der Waals surface area (Å²) in [7, 11) is 4.90. The normalized spacial score (nSPS) is 10.7. The Morgan fingerprint density at radius 2 is 1.82 bits per heavy atom. The molecule has 0 bridgehead atoms. The number of hydrogen-bond donors (Lipinski definition) is 1. The second-order valence-corrected chi connectivity index (χ2v) is 7.19. The summed E-state index contributed by atoms with van der Waals surface area (Å²) >= 11 is 1.36. The van der Waals surface area contributed by atoms with Gasteiger partial charge in [0.05, 0.1) is 25.5 Å². The molecule has 0 aliphatic rings. The van der Waals surface area contributed by atoms with Gasteiger partial charge in [0.2, 0.25) is 5.91 Å². The molecule has 3 aromatic rings. The Labute approximate surface area is 167 Å². The van der Waals surface area contributed by atoms with E-state index in [-0.39, 0.29) is 17.2 Å². The molecule has 1 heterocycles. The van der Waals surface area contributed by atoms with Crippen LogP contribution in [0.5, 0.6) is 11.5 Å². The molecule has 2 aromatic carbocycles. The number of carbonyl (C=O) groups excluding carboxylic acids is 1. The van der Waals surface area contributed by atoms with Crippen molar-refractivity contribution in [3.8, 4) is 11.5 Å². The number of carbonyl (C=O) groups is 1. The van der Waals surface area contributed by atoms with Crippen molar-refractivity contribution in [2.45, 2.75) is 11.4 Å². The van der Waals surface area contributed by atoms with Gasteiger partial charge < -0.3 is 19.4 Å². The highest BCUT2D eigenvalue weighted by molar-refractivity contribution is 8.00. The molecule has 1 N–H and O–H groups in total. The largest absolute Gasteiger partial charge is 0.493 e. The molecule has 6 nitrogen and oxygen atoms in total. The van der Waals surface area contributed by atoms with Crippen molar-refractivity contribution in [1.82, 2.24) is 9.88 Å². The lowest BCUT2D eigenvalue weighted by Crippen LogP contribution is -2.24. The Kier molecular flexibility index (Phi) is 6.26. The Morgan fingerprint density at radius 3 is 2.57 bits per heavy atom. The molecule has 0 saturated carbocycles. The molecule has 0 radical (unpaired) electrons. The molecular weight excluding hydrogens is 376 g/mol. The summed E-state index contributed by atoms with van der Waals surface area (Å²) in [5.74, 6) is 1.38. The number of hydrogen-bond acceptors (Lipinski definition) is 5. The van der Waals surface area contributed by atoms with Gasteiger partial charge in [-0.1, -0.05) is 24.3 Å². The van der Waals surface area contributed by atoms with Gasteiger partial charge in [0.25, 0.3) is 5.56 Å². The van der Waals surface area contributed by atoms with Gasteiger partial charge in [-0.05, 0) is 23.8 Å². The van der Waals surface area contributed by atoms with Gasteiger partial charge in [-0.3, -0.25) is 9.59 Å². The number of pyridine rings is 1. The van der Waals surface area contributed by atoms with E-state index in [2.05, 4.69) is 5.32 Å². The number of nitrogens with zero attached hydrogens (tertiary/aromatic N) is 1. The Balaban J connectivity index is 1.65. The topological polar surface area (TPSA) is 69.6 Å². The maximum absolute atomic E-state index is 12.3. The minimum Gasteiger partial charge on any atom is -0.493 e. The second kappa shape index (κ2) is 8.84. The first kappa shape index (κ1) is 19.8. The molecule has 146 valence electrons. The monoisotopic (exact) mass is 398 g/mol. The minimum absolute atomic E-state index is 0.0908. The molecule has 0 spiro atoms. The van der Waals surface area contributed by atoms with Crippen molar-refractivity contribution in [2.24, 2.45) is 7.05 Å². The predicted octanol–water partition coefficient (Wildman–Crippen LogP) is 2.96. The van der Waals surface area contributed by atoms with Gasteiger partial charge >= 0.3 is 0 Å². The van der Waals surface area contributed by atoms with Crippen LogP contribution < -0.4 is 20.3 Å². The first-order valence-corrected chi connectivity index (χ1v) is 9.71. The van der Waals surface area contributed by atoms with E-state index < -0.39 is 0 Å². The van der Waals surface area contributed by atoms with Crippen LogP contribution in [0.25, 0.3) is 10.9 Å². The van der Waals surface area contributed by atoms with Gasteiger partial charge in [0.1, 0.15) is 0 Å². The van der Waals surface area contributed by atoms with E-state index in [1.54, 1.807) is 38.0 Å². The highest BCUT2D eigenvalue weighted by atomic mass is 32.2. The average Bonchev–Trinajstić information content (AvgIpc) is 2.73. The number of methoxy groups -OCH3 is 2. The van der Waals surface area contributed by atoms with Crippen LogP contribution in [0.2, 0.25) is 0 Å². The quantitative estimate of drug-likeness (QED) is 0.620. The molecule has 0 aliphatic heterocycles. The minimum atomic E-state index is -0.107. The fraction of sp³-hybridized carbons (Fsp3) is 0.238. The molecule has 0 atom stereocenters. The average molecular weight is 398 g/mol. The number of aryl methyl sites for hydroxylation is 1. The Hall–Kier alpha value is -2.93. The van der Waals surface area contributed by atoms with Crippen molar-refractivity contribution in [3.05, 3.63) is 64.4 Å². The van der Waals surface area contributed by atoms with Crippen LogP contribution in [0.15, 0.2) is 58.2 Å². The van der Waals surface area contributed by atoms with Crippen LogP contribution in [-0.2, 0) is 18.4 Å². The zero-order valence-electron chi connectivity index (χ0n) is 16.0. The number of benzene rings is 2. The van der Waals surface area contributed by atoms with E-state index in [0.717, 1.165) is 21.4 Å². The van der Waals surface area contributed by atoms with Crippen molar-refractivity contribution < 1.29 is 14.3 Å². The number of nitrogens with one attached hydrogen (secondary N) is 1. The zero-order valence-corrected chi connectivity index (χ0v) is 16.8. The van der Waals surface area contributed by atoms with E-state index in [4.69, 9.17) is 9.47 Å². The molecule has 0 aliphatic carbocycles. The highest BCUT2D eigenvalue weighted by Crippen LogP contribution is 2.28. The number of amides is 1. The number of para-hydroxylation sites is 1. The third-order valence-electron chi connectivity index (χ3n) is 4.41. The summed E-state index contributed by atoms with van der Waals surface area (Å²) in [4.78, 5) is 25.2. The predicted molar refractivity (Wildman–Crippen MR) is 111 cm³/mol. The lowest BCUT2D eigenvalue weighted by atomic mass is 10.2.